The van der Waals surface area contributed by atoms with Crippen LogP contribution in [0.3, 0.4) is 0 Å². The number of nitro benzene ring substituents is 1. The maximum Gasteiger partial charge on any atom is 0.270 e. The molecule has 82 valence electrons. The number of aromatic nitrogens is 1. The standard InChI is InChI=1S/C9H4BrFN2O2S/c10-9-12-8(4-16-9)6-3-5(13(14)15)1-2-7(6)11/h1-4H. The number of nitro groups is 1. The van der Waals surface area contributed by atoms with Gasteiger partial charge in [0.05, 0.1) is 10.6 Å². The van der Waals surface area contributed by atoms with Crippen molar-refractivity contribution < 1.29 is 9.31 Å². The SMILES string of the molecule is O=[N+]([O-])c1ccc(F)c(-c2csc(Br)n2)c1. The molecule has 0 saturated heterocycles. The van der Waals surface area contributed by atoms with E-state index in [1.165, 1.54) is 17.4 Å². The van der Waals surface area contributed by atoms with Gasteiger partial charge in [0.25, 0.3) is 5.69 Å². The Balaban J connectivity index is 2.55. The van der Waals surface area contributed by atoms with Gasteiger partial charge in [-0.3, -0.25) is 10.1 Å². The van der Waals surface area contributed by atoms with E-state index in [0.29, 0.717) is 9.61 Å². The Kier molecular flexibility index (Phi) is 2.97. The molecule has 0 bridgehead atoms. The fraction of sp³-hybridized carbons (Fsp3) is 0. The molecular formula is C9H4BrFN2O2S. The van der Waals surface area contributed by atoms with E-state index in [4.69, 9.17) is 0 Å². The van der Waals surface area contributed by atoms with Crippen LogP contribution in [0.4, 0.5) is 10.1 Å². The van der Waals surface area contributed by atoms with Crippen molar-refractivity contribution in [3.05, 3.63) is 43.4 Å². The smallest absolute Gasteiger partial charge is 0.258 e. The minimum absolute atomic E-state index is 0.135. The third-order valence-corrected chi connectivity index (χ3v) is 3.28. The molecule has 2 rings (SSSR count). The van der Waals surface area contributed by atoms with E-state index in [2.05, 4.69) is 20.9 Å². The van der Waals surface area contributed by atoms with E-state index in [9.17, 15) is 14.5 Å². The average molecular weight is 303 g/mol. The maximum absolute atomic E-state index is 13.5. The van der Waals surface area contributed by atoms with E-state index in [0.717, 1.165) is 12.1 Å². The highest BCUT2D eigenvalue weighted by Gasteiger charge is 2.14. The topological polar surface area (TPSA) is 56.0 Å². The van der Waals surface area contributed by atoms with Gasteiger partial charge in [-0.25, -0.2) is 9.37 Å². The lowest BCUT2D eigenvalue weighted by molar-refractivity contribution is -0.384. The summed E-state index contributed by atoms with van der Waals surface area (Å²) in [6.07, 6.45) is 0. The zero-order valence-corrected chi connectivity index (χ0v) is 10.1. The largest absolute Gasteiger partial charge is 0.270 e. The molecule has 0 amide bonds. The molecule has 7 heteroatoms. The first kappa shape index (κ1) is 11.2. The molecule has 0 saturated carbocycles. The monoisotopic (exact) mass is 302 g/mol. The molecule has 1 aromatic carbocycles. The van der Waals surface area contributed by atoms with Crippen LogP contribution in [0.2, 0.25) is 0 Å². The Morgan fingerprint density at radius 3 is 2.81 bits per heavy atom. The molecule has 2 aromatic rings. The molecule has 0 aliphatic heterocycles. The summed E-state index contributed by atoms with van der Waals surface area (Å²) in [5.74, 6) is -0.525. The van der Waals surface area contributed by atoms with Gasteiger partial charge >= 0.3 is 0 Å². The molecule has 0 unspecified atom stereocenters. The first-order chi connectivity index (χ1) is 7.58. The van der Waals surface area contributed by atoms with Crippen LogP contribution in [-0.2, 0) is 0 Å². The van der Waals surface area contributed by atoms with Gasteiger partial charge < -0.3 is 0 Å². The van der Waals surface area contributed by atoms with Gasteiger partial charge in [-0.05, 0) is 22.0 Å². The number of benzene rings is 1. The fourth-order valence-corrected chi connectivity index (χ4v) is 2.21. The Hall–Kier alpha value is -1.34. The predicted molar refractivity (Wildman–Crippen MR) is 61.9 cm³/mol. The van der Waals surface area contributed by atoms with Crippen LogP contribution >= 0.6 is 27.3 Å². The van der Waals surface area contributed by atoms with Gasteiger partial charge in [0.1, 0.15) is 5.82 Å². The summed E-state index contributed by atoms with van der Waals surface area (Å²) in [5, 5.41) is 12.2. The molecule has 0 radical (unpaired) electrons. The van der Waals surface area contributed by atoms with Gasteiger partial charge in [-0.15, -0.1) is 11.3 Å². The van der Waals surface area contributed by atoms with Gasteiger partial charge in [-0.1, -0.05) is 0 Å². The molecule has 16 heavy (non-hydrogen) atoms. The van der Waals surface area contributed by atoms with Crippen LogP contribution < -0.4 is 0 Å². The summed E-state index contributed by atoms with van der Waals surface area (Å²) in [6, 6.07) is 3.37. The summed E-state index contributed by atoms with van der Waals surface area (Å²) >= 11 is 4.44. The third-order valence-electron chi connectivity index (χ3n) is 1.91. The molecule has 4 nitrogen and oxygen atoms in total. The molecule has 1 heterocycles. The second-order valence-corrected chi connectivity index (χ2v) is 5.04. The first-order valence-electron chi connectivity index (χ1n) is 4.13. The lowest BCUT2D eigenvalue weighted by atomic mass is 10.1. The number of hydrogen-bond donors (Lipinski definition) is 0. The van der Waals surface area contributed by atoms with E-state index < -0.39 is 10.7 Å². The lowest BCUT2D eigenvalue weighted by Crippen LogP contribution is -1.91. The number of hydrogen-bond acceptors (Lipinski definition) is 4. The summed E-state index contributed by atoms with van der Waals surface area (Å²) in [7, 11) is 0. The fourth-order valence-electron chi connectivity index (χ4n) is 1.20. The third kappa shape index (κ3) is 2.10. The maximum atomic E-state index is 13.5. The van der Waals surface area contributed by atoms with Crippen molar-refractivity contribution >= 4 is 33.0 Å². The average Bonchev–Trinajstić information content (AvgIpc) is 2.65. The zero-order valence-electron chi connectivity index (χ0n) is 7.68. The summed E-state index contributed by atoms with van der Waals surface area (Å²) in [4.78, 5) is 14.0. The van der Waals surface area contributed by atoms with Crippen molar-refractivity contribution in [2.45, 2.75) is 0 Å². The van der Waals surface area contributed by atoms with Crippen molar-refractivity contribution in [2.75, 3.05) is 0 Å². The Bertz CT molecular complexity index is 558. The first-order valence-corrected chi connectivity index (χ1v) is 5.80. The van der Waals surface area contributed by atoms with Gasteiger partial charge in [-0.2, -0.15) is 0 Å². The van der Waals surface area contributed by atoms with Gasteiger partial charge in [0, 0.05) is 23.1 Å². The Morgan fingerprint density at radius 2 is 2.25 bits per heavy atom. The van der Waals surface area contributed by atoms with Crippen LogP contribution in [0.1, 0.15) is 0 Å². The number of rotatable bonds is 2. The highest BCUT2D eigenvalue weighted by atomic mass is 79.9. The van der Waals surface area contributed by atoms with Crippen molar-refractivity contribution in [3.8, 4) is 11.3 Å². The molecule has 0 aliphatic carbocycles. The Labute approximate surface area is 102 Å². The van der Waals surface area contributed by atoms with Crippen LogP contribution in [-0.4, -0.2) is 9.91 Å². The highest BCUT2D eigenvalue weighted by molar-refractivity contribution is 9.11. The van der Waals surface area contributed by atoms with E-state index in [-0.39, 0.29) is 11.3 Å². The second-order valence-electron chi connectivity index (χ2n) is 2.91. The molecule has 0 atom stereocenters. The zero-order chi connectivity index (χ0) is 11.7. The van der Waals surface area contributed by atoms with Crippen LogP contribution in [0, 0.1) is 15.9 Å². The van der Waals surface area contributed by atoms with Gasteiger partial charge in [0.15, 0.2) is 3.92 Å². The number of non-ortho nitro benzene ring substituents is 1. The minimum atomic E-state index is -0.565. The normalized spacial score (nSPS) is 10.4. The lowest BCUT2D eigenvalue weighted by Gasteiger charge is -1.98. The summed E-state index contributed by atoms with van der Waals surface area (Å²) in [5.41, 5.74) is 0.370. The summed E-state index contributed by atoms with van der Waals surface area (Å²) < 4.78 is 14.1. The predicted octanol–water partition coefficient (Wildman–Crippen LogP) is 3.62. The Morgan fingerprint density at radius 1 is 1.50 bits per heavy atom. The quantitative estimate of drug-likeness (QED) is 0.629. The number of nitrogens with zero attached hydrogens (tertiary/aromatic N) is 2. The van der Waals surface area contributed by atoms with Crippen LogP contribution in [0.15, 0.2) is 27.5 Å². The van der Waals surface area contributed by atoms with E-state index >= 15 is 0 Å². The van der Waals surface area contributed by atoms with Crippen LogP contribution in [0.25, 0.3) is 11.3 Å². The van der Waals surface area contributed by atoms with E-state index in [1.807, 2.05) is 0 Å². The number of halogens is 2. The summed E-state index contributed by atoms with van der Waals surface area (Å²) in [6.45, 7) is 0. The number of thiazole rings is 1. The van der Waals surface area contributed by atoms with Crippen molar-refractivity contribution in [2.24, 2.45) is 0 Å². The van der Waals surface area contributed by atoms with Crippen LogP contribution in [0.5, 0.6) is 0 Å². The molecular weight excluding hydrogens is 299 g/mol. The highest BCUT2D eigenvalue weighted by Crippen LogP contribution is 2.29. The molecule has 1 aromatic heterocycles. The van der Waals surface area contributed by atoms with Crippen molar-refractivity contribution in [3.63, 3.8) is 0 Å². The molecule has 0 fully saturated rings. The van der Waals surface area contributed by atoms with Crippen molar-refractivity contribution in [1.29, 1.82) is 0 Å². The molecule has 0 aliphatic rings. The minimum Gasteiger partial charge on any atom is -0.258 e. The van der Waals surface area contributed by atoms with Crippen molar-refractivity contribution in [1.82, 2.24) is 4.98 Å². The second kappa shape index (κ2) is 4.26. The van der Waals surface area contributed by atoms with E-state index in [1.54, 1.807) is 5.38 Å². The molecule has 0 N–H and O–H groups in total. The van der Waals surface area contributed by atoms with Gasteiger partial charge in [0.2, 0.25) is 0 Å². The molecule has 0 spiro atoms.